The first kappa shape index (κ1) is 21.3. The van der Waals surface area contributed by atoms with Crippen molar-refractivity contribution in [3.05, 3.63) is 46.5 Å². The average molecular weight is 448 g/mol. The van der Waals surface area contributed by atoms with Crippen molar-refractivity contribution in [1.29, 1.82) is 5.26 Å². The molecule has 0 spiro atoms. The highest BCUT2D eigenvalue weighted by Crippen LogP contribution is 2.30. The lowest BCUT2D eigenvalue weighted by Gasteiger charge is -2.17. The molecule has 0 bridgehead atoms. The third-order valence-electron chi connectivity index (χ3n) is 6.43. The maximum atomic E-state index is 12.9. The number of fused-ring (bicyclic) bond motifs is 1. The molecule has 4 heterocycles. The summed E-state index contributed by atoms with van der Waals surface area (Å²) in [5.74, 6) is 0.959. The van der Waals surface area contributed by atoms with E-state index in [4.69, 9.17) is 4.74 Å². The summed E-state index contributed by atoms with van der Waals surface area (Å²) in [4.78, 5) is 28.7. The molecule has 2 aliphatic rings. The molecule has 1 aliphatic heterocycles. The zero-order valence-corrected chi connectivity index (χ0v) is 18.5. The summed E-state index contributed by atoms with van der Waals surface area (Å²) >= 11 is 0. The predicted molar refractivity (Wildman–Crippen MR) is 127 cm³/mol. The van der Waals surface area contributed by atoms with Crippen molar-refractivity contribution in [2.45, 2.75) is 44.6 Å². The predicted octanol–water partition coefficient (Wildman–Crippen LogP) is 3.64. The molecule has 3 aromatic rings. The summed E-state index contributed by atoms with van der Waals surface area (Å²) in [7, 11) is 0. The van der Waals surface area contributed by atoms with Crippen LogP contribution in [0.25, 0.3) is 11.0 Å². The normalized spacial score (nSPS) is 16.8. The van der Waals surface area contributed by atoms with Gasteiger partial charge in [-0.1, -0.05) is 12.8 Å². The molecule has 33 heavy (non-hydrogen) atoms. The van der Waals surface area contributed by atoms with Crippen molar-refractivity contribution in [2.24, 2.45) is 0 Å². The standard InChI is InChI=1S/C24H27N7O2.H2/c25-14-17-13-18-15-27-24(29-22(18)31(23(17)32)20-5-1-2-6-20)28-19-7-8-21(26-16-19)33-12-11-30-9-3-4-10-30;/h7-8,13,15-16,20H,1-6,9-12H2,(H,27,28,29);1H. The number of ether oxygens (including phenoxy) is 1. The first-order chi connectivity index (χ1) is 16.2. The summed E-state index contributed by atoms with van der Waals surface area (Å²) in [6.07, 6.45) is 9.85. The SMILES string of the molecule is N#Cc1cc2cnc(Nc3ccc(OCCN4CCCC4)nc3)nc2n(C2CCCC2)c1=O.[HH]. The van der Waals surface area contributed by atoms with E-state index in [1.807, 2.05) is 18.2 Å². The molecule has 1 saturated heterocycles. The van der Waals surface area contributed by atoms with E-state index in [0.717, 1.165) is 51.0 Å². The molecule has 0 aromatic carbocycles. The van der Waals surface area contributed by atoms with E-state index >= 15 is 0 Å². The van der Waals surface area contributed by atoms with Gasteiger partial charge in [-0.3, -0.25) is 14.3 Å². The van der Waals surface area contributed by atoms with E-state index in [9.17, 15) is 10.1 Å². The first-order valence-corrected chi connectivity index (χ1v) is 11.6. The number of anilines is 2. The topological polar surface area (TPSA) is 109 Å². The Morgan fingerprint density at radius 2 is 1.97 bits per heavy atom. The fourth-order valence-electron chi connectivity index (χ4n) is 4.72. The van der Waals surface area contributed by atoms with Crippen LogP contribution in [0, 0.1) is 11.3 Å². The van der Waals surface area contributed by atoms with Gasteiger partial charge in [0.25, 0.3) is 5.56 Å². The van der Waals surface area contributed by atoms with E-state index in [0.29, 0.717) is 29.5 Å². The second-order valence-electron chi connectivity index (χ2n) is 8.66. The van der Waals surface area contributed by atoms with Crippen LogP contribution in [0.15, 0.2) is 35.4 Å². The molecule has 172 valence electrons. The summed E-state index contributed by atoms with van der Waals surface area (Å²) in [5, 5.41) is 13.2. The molecule has 1 N–H and O–H groups in total. The third kappa shape index (κ3) is 4.66. The quantitative estimate of drug-likeness (QED) is 0.585. The summed E-state index contributed by atoms with van der Waals surface area (Å²) in [6, 6.07) is 7.34. The van der Waals surface area contributed by atoms with Gasteiger partial charge in [0, 0.05) is 31.7 Å². The van der Waals surface area contributed by atoms with Crippen LogP contribution in [0.2, 0.25) is 0 Å². The molecular formula is C24H29N7O2. The van der Waals surface area contributed by atoms with Crippen LogP contribution in [-0.2, 0) is 0 Å². The van der Waals surface area contributed by atoms with Crippen molar-refractivity contribution in [2.75, 3.05) is 31.6 Å². The highest BCUT2D eigenvalue weighted by Gasteiger charge is 2.22. The maximum absolute atomic E-state index is 12.9. The Balaban J connectivity index is 0.00000274. The molecule has 0 atom stereocenters. The maximum Gasteiger partial charge on any atom is 0.270 e. The Labute approximate surface area is 193 Å². The molecule has 1 saturated carbocycles. The average Bonchev–Trinajstić information content (AvgIpc) is 3.55. The first-order valence-electron chi connectivity index (χ1n) is 11.6. The minimum Gasteiger partial charge on any atom is -0.476 e. The van der Waals surface area contributed by atoms with Crippen molar-refractivity contribution in [3.8, 4) is 11.9 Å². The lowest BCUT2D eigenvalue weighted by atomic mass is 10.2. The van der Waals surface area contributed by atoms with Gasteiger partial charge in [0.15, 0.2) is 0 Å². The lowest BCUT2D eigenvalue weighted by Crippen LogP contribution is -2.26. The largest absolute Gasteiger partial charge is 0.476 e. The van der Waals surface area contributed by atoms with Gasteiger partial charge in [-0.25, -0.2) is 9.97 Å². The Bertz CT molecular complexity index is 1230. The Hall–Kier alpha value is -3.51. The van der Waals surface area contributed by atoms with Crippen LogP contribution in [0.3, 0.4) is 0 Å². The van der Waals surface area contributed by atoms with Gasteiger partial charge in [-0.05, 0) is 50.9 Å². The van der Waals surface area contributed by atoms with Gasteiger partial charge in [0.1, 0.15) is 23.9 Å². The molecule has 9 nitrogen and oxygen atoms in total. The Kier molecular flexibility index (Phi) is 6.17. The van der Waals surface area contributed by atoms with Gasteiger partial charge in [-0.2, -0.15) is 10.2 Å². The number of pyridine rings is 2. The zero-order chi connectivity index (χ0) is 22.6. The van der Waals surface area contributed by atoms with Gasteiger partial charge in [0.05, 0.1) is 11.9 Å². The van der Waals surface area contributed by atoms with Gasteiger partial charge in [-0.15, -0.1) is 0 Å². The molecule has 0 radical (unpaired) electrons. The molecule has 1 aliphatic carbocycles. The fraction of sp³-hybridized carbons (Fsp3) is 0.458. The van der Waals surface area contributed by atoms with E-state index in [-0.39, 0.29) is 18.6 Å². The van der Waals surface area contributed by atoms with Crippen molar-refractivity contribution < 1.29 is 6.16 Å². The molecule has 0 unspecified atom stereocenters. The molecule has 5 rings (SSSR count). The number of nitrogens with zero attached hydrogens (tertiary/aromatic N) is 6. The number of nitrogens with one attached hydrogen (secondary N) is 1. The number of hydrogen-bond acceptors (Lipinski definition) is 8. The minimum absolute atomic E-state index is 0. The number of hydrogen-bond donors (Lipinski definition) is 1. The van der Waals surface area contributed by atoms with E-state index < -0.39 is 0 Å². The monoisotopic (exact) mass is 447 g/mol. The minimum atomic E-state index is -0.279. The van der Waals surface area contributed by atoms with E-state index in [1.54, 1.807) is 23.0 Å². The van der Waals surface area contributed by atoms with Crippen LogP contribution < -0.4 is 15.6 Å². The second-order valence-corrected chi connectivity index (χ2v) is 8.66. The molecular weight excluding hydrogens is 418 g/mol. The summed E-state index contributed by atoms with van der Waals surface area (Å²) in [5.41, 5.74) is 1.13. The smallest absolute Gasteiger partial charge is 0.270 e. The Morgan fingerprint density at radius 3 is 2.70 bits per heavy atom. The second kappa shape index (κ2) is 9.55. The number of rotatable bonds is 7. The van der Waals surface area contributed by atoms with Gasteiger partial charge >= 0.3 is 0 Å². The van der Waals surface area contributed by atoms with E-state index in [2.05, 4.69) is 25.2 Å². The van der Waals surface area contributed by atoms with Crippen LogP contribution in [0.4, 0.5) is 11.6 Å². The van der Waals surface area contributed by atoms with Crippen molar-refractivity contribution in [1.82, 2.24) is 24.4 Å². The third-order valence-corrected chi connectivity index (χ3v) is 6.43. The number of aromatic nitrogens is 4. The Morgan fingerprint density at radius 1 is 1.15 bits per heavy atom. The van der Waals surface area contributed by atoms with Crippen molar-refractivity contribution in [3.63, 3.8) is 0 Å². The summed E-state index contributed by atoms with van der Waals surface area (Å²) in [6.45, 7) is 3.84. The molecule has 2 fully saturated rings. The van der Waals surface area contributed by atoms with Crippen LogP contribution in [-0.4, -0.2) is 50.7 Å². The van der Waals surface area contributed by atoms with Crippen LogP contribution >= 0.6 is 0 Å². The van der Waals surface area contributed by atoms with Crippen molar-refractivity contribution >= 4 is 22.7 Å². The van der Waals surface area contributed by atoms with E-state index in [1.165, 1.54) is 12.8 Å². The highest BCUT2D eigenvalue weighted by atomic mass is 16.5. The van der Waals surface area contributed by atoms with Gasteiger partial charge in [0.2, 0.25) is 11.8 Å². The van der Waals surface area contributed by atoms with Gasteiger partial charge < -0.3 is 10.1 Å². The molecule has 3 aromatic heterocycles. The highest BCUT2D eigenvalue weighted by molar-refractivity contribution is 5.77. The summed E-state index contributed by atoms with van der Waals surface area (Å²) < 4.78 is 7.45. The fourth-order valence-corrected chi connectivity index (χ4v) is 4.72. The number of nitriles is 1. The van der Waals surface area contributed by atoms with Crippen LogP contribution in [0.1, 0.15) is 51.6 Å². The lowest BCUT2D eigenvalue weighted by molar-refractivity contribution is 0.232. The number of likely N-dealkylation sites (tertiary alicyclic amines) is 1. The van der Waals surface area contributed by atoms with Crippen LogP contribution in [0.5, 0.6) is 5.88 Å². The molecule has 9 heteroatoms. The zero-order valence-electron chi connectivity index (χ0n) is 18.5. The molecule has 0 amide bonds.